The summed E-state index contributed by atoms with van der Waals surface area (Å²) in [6, 6.07) is 0. The summed E-state index contributed by atoms with van der Waals surface area (Å²) in [7, 11) is 0. The third-order valence-electron chi connectivity index (χ3n) is 1.65. The van der Waals surface area contributed by atoms with Gasteiger partial charge in [-0.15, -0.1) is 0 Å². The Morgan fingerprint density at radius 2 is 0.667 bits per heavy atom. The maximum Gasteiger partial charge on any atom is 4.00 e. The number of hydrogen-bond acceptors (Lipinski definition) is 2. The summed E-state index contributed by atoms with van der Waals surface area (Å²) in [5, 5.41) is 0. The molecule has 7 heteroatoms. The van der Waals surface area contributed by atoms with E-state index in [2.05, 4.69) is 0 Å². The molecule has 2 saturated heterocycles. The van der Waals surface area contributed by atoms with Crippen LogP contribution in [0.1, 0.15) is 25.7 Å². The molecule has 0 aromatic carbocycles. The third-order valence-corrected chi connectivity index (χ3v) is 1.65. The van der Waals surface area contributed by atoms with E-state index < -0.39 is 0 Å². The number of rotatable bonds is 0. The van der Waals surface area contributed by atoms with E-state index in [-0.39, 0.29) is 67.0 Å². The van der Waals surface area contributed by atoms with Gasteiger partial charge >= 0.3 is 17.4 Å². The van der Waals surface area contributed by atoms with Gasteiger partial charge in [0.1, 0.15) is 0 Å². The molecule has 2 aliphatic heterocycles. The van der Waals surface area contributed by atoms with Gasteiger partial charge in [-0.2, -0.15) is 0 Å². The van der Waals surface area contributed by atoms with Crippen molar-refractivity contribution in [2.24, 2.45) is 0 Å². The molecule has 0 aromatic rings. The average molecular weight is 338 g/mol. The monoisotopic (exact) mass is 336 g/mol. The van der Waals surface area contributed by atoms with Crippen LogP contribution in [0.3, 0.4) is 0 Å². The van der Waals surface area contributed by atoms with Crippen LogP contribution < -0.4 is 49.6 Å². The Hall–Kier alpha value is 1.61. The zero-order chi connectivity index (χ0) is 7.07. The summed E-state index contributed by atoms with van der Waals surface area (Å²) >= 11 is 0. The zero-order valence-electron chi connectivity index (χ0n) is 8.39. The van der Waals surface area contributed by atoms with Crippen LogP contribution in [0.25, 0.3) is 0 Å². The fraction of sp³-hybridized carbons (Fsp3) is 1.00. The largest absolute Gasteiger partial charge is 4.00 e. The van der Waals surface area contributed by atoms with Gasteiger partial charge in [0.05, 0.1) is 0 Å². The molecule has 0 saturated carbocycles. The van der Waals surface area contributed by atoms with Crippen LogP contribution in [0, 0.1) is 0 Å². The maximum atomic E-state index is 4.94. The first-order valence-corrected chi connectivity index (χ1v) is 4.15. The smallest absolute Gasteiger partial charge is 1.00 e. The second kappa shape index (κ2) is 24.7. The summed E-state index contributed by atoms with van der Waals surface area (Å²) in [6.07, 6.45) is 5.11. The minimum atomic E-state index is 0. The van der Waals surface area contributed by atoms with E-state index in [0.29, 0.717) is 0 Å². The average Bonchev–Trinajstić information content (AvgIpc) is 2.67. The van der Waals surface area contributed by atoms with Crippen molar-refractivity contribution in [3.05, 3.63) is 0 Å². The van der Waals surface area contributed by atoms with Crippen LogP contribution >= 0.6 is 0 Å². The van der Waals surface area contributed by atoms with E-state index in [1.165, 1.54) is 25.7 Å². The molecule has 0 unspecified atom stereocenters. The zero-order valence-corrected chi connectivity index (χ0v) is 12.7. The van der Waals surface area contributed by atoms with Crippen LogP contribution in [0.4, 0.5) is 0 Å². The van der Waals surface area contributed by atoms with E-state index in [9.17, 15) is 0 Å². The Morgan fingerprint density at radius 3 is 0.733 bits per heavy atom. The Morgan fingerprint density at radius 1 is 0.467 bits per heavy atom. The van der Waals surface area contributed by atoms with Crippen molar-refractivity contribution >= 4 is 0 Å². The first-order valence-electron chi connectivity index (χ1n) is 4.15. The molecule has 0 bridgehead atoms. The van der Waals surface area contributed by atoms with Gasteiger partial charge in [0.25, 0.3) is 0 Å². The predicted molar refractivity (Wildman–Crippen MR) is 40.1 cm³/mol. The van der Waals surface area contributed by atoms with Gasteiger partial charge in [-0.1, -0.05) is 0 Å². The normalized spacial score (nSPS) is 16.0. The number of ether oxygens (including phenoxy) is 2. The molecule has 0 spiro atoms. The Kier molecular flexibility index (Phi) is 49.5. The van der Waals surface area contributed by atoms with E-state index in [1.54, 1.807) is 0 Å². The van der Waals surface area contributed by atoms with Crippen molar-refractivity contribution in [3.63, 3.8) is 0 Å². The van der Waals surface area contributed by atoms with Crippen LogP contribution in [-0.4, -0.2) is 26.4 Å². The molecule has 15 heavy (non-hydrogen) atoms. The molecule has 0 radical (unpaired) electrons. The number of halogens is 4. The fourth-order valence-electron chi connectivity index (χ4n) is 1.02. The second-order valence-corrected chi connectivity index (χ2v) is 2.64. The fourth-order valence-corrected chi connectivity index (χ4v) is 1.02. The molecule has 2 aliphatic rings. The molecule has 0 atom stereocenters. The molecule has 0 aromatic heterocycles. The van der Waals surface area contributed by atoms with Gasteiger partial charge in [-0.25, -0.2) is 0 Å². The Balaban J connectivity index is -0.0000000333. The summed E-state index contributed by atoms with van der Waals surface area (Å²) in [5.41, 5.74) is 0. The second-order valence-electron chi connectivity index (χ2n) is 2.64. The Labute approximate surface area is 128 Å². The van der Waals surface area contributed by atoms with Crippen LogP contribution in [0.2, 0.25) is 0 Å². The number of hydrogen-bond donors (Lipinski definition) is 0. The summed E-state index contributed by atoms with van der Waals surface area (Å²) in [5.74, 6) is 0. The first kappa shape index (κ1) is 30.0. The molecular formula is C8H16Cl4CrO2. The van der Waals surface area contributed by atoms with E-state index >= 15 is 0 Å². The minimum absolute atomic E-state index is 0. The van der Waals surface area contributed by atoms with Crippen molar-refractivity contribution in [1.82, 2.24) is 0 Å². The van der Waals surface area contributed by atoms with Crippen molar-refractivity contribution in [1.29, 1.82) is 0 Å². The van der Waals surface area contributed by atoms with Crippen molar-refractivity contribution in [2.45, 2.75) is 25.7 Å². The Bertz CT molecular complexity index is 57.8. The predicted octanol–water partition coefficient (Wildman–Crippen LogP) is -10.4. The molecule has 2 fully saturated rings. The summed E-state index contributed by atoms with van der Waals surface area (Å²) in [4.78, 5) is 0. The quantitative estimate of drug-likeness (QED) is 0.437. The standard InChI is InChI=1S/2C4H8O.4ClH.Cr/c2*1-2-4-5-3-1;;;;;/h2*1-4H2;4*1H;/q;;;;;;+4/p-4. The van der Waals surface area contributed by atoms with Gasteiger partial charge in [0.15, 0.2) is 0 Å². The van der Waals surface area contributed by atoms with E-state index in [4.69, 9.17) is 9.47 Å². The van der Waals surface area contributed by atoms with Gasteiger partial charge in [-0.05, 0) is 25.7 Å². The summed E-state index contributed by atoms with van der Waals surface area (Å²) in [6.45, 7) is 4.00. The molecule has 0 N–H and O–H groups in total. The van der Waals surface area contributed by atoms with Gasteiger partial charge in [-0.3, -0.25) is 0 Å². The molecule has 0 amide bonds. The van der Waals surface area contributed by atoms with Crippen molar-refractivity contribution in [2.75, 3.05) is 26.4 Å². The van der Waals surface area contributed by atoms with Crippen LogP contribution in [0.5, 0.6) is 0 Å². The van der Waals surface area contributed by atoms with Crippen LogP contribution in [0.15, 0.2) is 0 Å². The van der Waals surface area contributed by atoms with Gasteiger partial charge < -0.3 is 59.1 Å². The molecule has 2 nitrogen and oxygen atoms in total. The molecule has 94 valence electrons. The minimum Gasteiger partial charge on any atom is -1.00 e. The van der Waals surface area contributed by atoms with Crippen molar-refractivity contribution < 1.29 is 76.5 Å². The topological polar surface area (TPSA) is 18.5 Å². The SMILES string of the molecule is C1CCOC1.C1CCOC1.[Cl-].[Cl-].[Cl-].[Cl-].[Cr+4]. The van der Waals surface area contributed by atoms with E-state index in [0.717, 1.165) is 26.4 Å². The summed E-state index contributed by atoms with van der Waals surface area (Å²) < 4.78 is 9.89. The van der Waals surface area contributed by atoms with Crippen molar-refractivity contribution in [3.8, 4) is 0 Å². The van der Waals surface area contributed by atoms with Gasteiger partial charge in [0.2, 0.25) is 0 Å². The van der Waals surface area contributed by atoms with Crippen LogP contribution in [-0.2, 0) is 26.8 Å². The van der Waals surface area contributed by atoms with Gasteiger partial charge in [0, 0.05) is 26.4 Å². The first-order chi connectivity index (χ1) is 5.00. The molecule has 0 aliphatic carbocycles. The molecular weight excluding hydrogens is 322 g/mol. The third kappa shape index (κ3) is 21.5. The van der Waals surface area contributed by atoms with E-state index in [1.807, 2.05) is 0 Å². The maximum absolute atomic E-state index is 4.94. The molecule has 2 rings (SSSR count). The molecule has 2 heterocycles.